The molecule has 0 saturated heterocycles. The fraction of sp³-hybridized carbons (Fsp3) is 0.423. The normalized spacial score (nSPS) is 15.2. The number of hydrogen-bond acceptors (Lipinski definition) is 5. The highest BCUT2D eigenvalue weighted by atomic mass is 16.3. The van der Waals surface area contributed by atoms with Gasteiger partial charge in [0.05, 0.1) is 12.5 Å². The maximum Gasteiger partial charge on any atom is 0.229 e. The van der Waals surface area contributed by atoms with Crippen LogP contribution in [-0.4, -0.2) is 35.3 Å². The molecule has 2 amide bonds. The molecule has 3 N–H and O–H groups in total. The maximum absolute atomic E-state index is 12.7. The molecule has 1 atom stereocenters. The molecule has 1 unspecified atom stereocenters. The number of rotatable bonds is 6. The van der Waals surface area contributed by atoms with E-state index in [1.807, 2.05) is 51.1 Å². The molecular weight excluding hydrogens is 416 g/mol. The molecule has 3 heterocycles. The monoisotopic (exact) mass is 450 g/mol. The van der Waals surface area contributed by atoms with Crippen molar-refractivity contribution in [3.05, 3.63) is 59.0 Å². The van der Waals surface area contributed by atoms with Crippen LogP contribution in [0.4, 0.5) is 5.82 Å². The second-order valence-corrected chi connectivity index (χ2v) is 8.21. The molecule has 1 aliphatic rings. The molecule has 2 aromatic heterocycles. The molecular formula is C26H34N4O3. The maximum atomic E-state index is 12.7. The van der Waals surface area contributed by atoms with E-state index in [4.69, 9.17) is 10.2 Å². The lowest BCUT2D eigenvalue weighted by molar-refractivity contribution is -0.130. The van der Waals surface area contributed by atoms with E-state index in [1.165, 1.54) is 0 Å². The van der Waals surface area contributed by atoms with Crippen molar-refractivity contribution >= 4 is 28.6 Å². The standard InChI is InChI=1S/C24H28N4O3.C2H6/c1-15-19-5-3-4-6-20(19)31-21(15)14-28(2)22(29)10-7-16-11-17-8-9-18(12-25)24(30)27-23(17)26-13-16;1-2/h3-6,11,13,18H,7-10,12,14,25H2,1-2H3,(H,26,27,30);1-2H3. The number of hydrogen-bond donors (Lipinski definition) is 2. The van der Waals surface area contributed by atoms with Gasteiger partial charge in [-0.15, -0.1) is 0 Å². The predicted octanol–water partition coefficient (Wildman–Crippen LogP) is 4.21. The number of nitrogens with one attached hydrogen (secondary N) is 1. The van der Waals surface area contributed by atoms with Crippen LogP contribution in [0.3, 0.4) is 0 Å². The van der Waals surface area contributed by atoms with Gasteiger partial charge in [0.15, 0.2) is 0 Å². The van der Waals surface area contributed by atoms with Gasteiger partial charge >= 0.3 is 0 Å². The Hall–Kier alpha value is -3.19. The second-order valence-electron chi connectivity index (χ2n) is 8.21. The van der Waals surface area contributed by atoms with E-state index in [2.05, 4.69) is 10.3 Å². The minimum absolute atomic E-state index is 0.0475. The number of amides is 2. The van der Waals surface area contributed by atoms with Crippen LogP contribution in [0.1, 0.15) is 49.1 Å². The molecule has 0 bridgehead atoms. The van der Waals surface area contributed by atoms with Gasteiger partial charge in [0.2, 0.25) is 11.8 Å². The Morgan fingerprint density at radius 1 is 1.30 bits per heavy atom. The minimum Gasteiger partial charge on any atom is -0.459 e. The Morgan fingerprint density at radius 2 is 2.06 bits per heavy atom. The summed E-state index contributed by atoms with van der Waals surface area (Å²) in [5.41, 5.74) is 9.60. The van der Waals surface area contributed by atoms with Gasteiger partial charge in [-0.05, 0) is 43.4 Å². The molecule has 33 heavy (non-hydrogen) atoms. The van der Waals surface area contributed by atoms with Crippen molar-refractivity contribution in [1.29, 1.82) is 0 Å². The number of para-hydroxylation sites is 1. The van der Waals surface area contributed by atoms with Gasteiger partial charge in [-0.3, -0.25) is 9.59 Å². The van der Waals surface area contributed by atoms with E-state index in [0.29, 0.717) is 38.2 Å². The zero-order valence-corrected chi connectivity index (χ0v) is 20.0. The molecule has 1 aromatic carbocycles. The molecule has 0 saturated carbocycles. The number of nitrogens with two attached hydrogens (primary N) is 1. The minimum atomic E-state index is -0.186. The number of benzene rings is 1. The molecule has 0 radical (unpaired) electrons. The summed E-state index contributed by atoms with van der Waals surface area (Å²) in [7, 11) is 1.80. The van der Waals surface area contributed by atoms with Crippen LogP contribution in [0.25, 0.3) is 11.0 Å². The number of pyridine rings is 1. The molecule has 4 rings (SSSR count). The summed E-state index contributed by atoms with van der Waals surface area (Å²) in [5.74, 6) is 1.21. The summed E-state index contributed by atoms with van der Waals surface area (Å²) in [6, 6.07) is 9.94. The van der Waals surface area contributed by atoms with Crippen LogP contribution >= 0.6 is 0 Å². The fourth-order valence-corrected chi connectivity index (χ4v) is 4.03. The first-order valence-corrected chi connectivity index (χ1v) is 11.7. The lowest BCUT2D eigenvalue weighted by Gasteiger charge is -2.16. The first-order valence-electron chi connectivity index (χ1n) is 11.7. The highest BCUT2D eigenvalue weighted by molar-refractivity contribution is 5.93. The van der Waals surface area contributed by atoms with Gasteiger partial charge in [0, 0.05) is 37.2 Å². The van der Waals surface area contributed by atoms with Crippen molar-refractivity contribution in [2.75, 3.05) is 18.9 Å². The van der Waals surface area contributed by atoms with Crippen LogP contribution in [-0.2, 0) is 29.0 Å². The van der Waals surface area contributed by atoms with Crippen molar-refractivity contribution in [3.8, 4) is 0 Å². The molecule has 176 valence electrons. The largest absolute Gasteiger partial charge is 0.459 e. The van der Waals surface area contributed by atoms with E-state index in [0.717, 1.165) is 39.8 Å². The molecule has 7 heteroatoms. The van der Waals surface area contributed by atoms with Gasteiger partial charge in [0.1, 0.15) is 17.2 Å². The lowest BCUT2D eigenvalue weighted by Crippen LogP contribution is -2.28. The van der Waals surface area contributed by atoms with E-state index >= 15 is 0 Å². The number of aryl methyl sites for hydroxylation is 3. The number of nitrogens with zero attached hydrogens (tertiary/aromatic N) is 2. The summed E-state index contributed by atoms with van der Waals surface area (Å²) < 4.78 is 5.94. The molecule has 0 aliphatic carbocycles. The van der Waals surface area contributed by atoms with Crippen LogP contribution in [0, 0.1) is 12.8 Å². The van der Waals surface area contributed by atoms with Crippen molar-refractivity contribution in [3.63, 3.8) is 0 Å². The summed E-state index contributed by atoms with van der Waals surface area (Å²) in [6.45, 7) is 6.79. The van der Waals surface area contributed by atoms with Crippen molar-refractivity contribution in [2.45, 2.75) is 53.0 Å². The summed E-state index contributed by atoms with van der Waals surface area (Å²) >= 11 is 0. The van der Waals surface area contributed by atoms with Crippen LogP contribution < -0.4 is 11.1 Å². The zero-order chi connectivity index (χ0) is 24.0. The van der Waals surface area contributed by atoms with Gasteiger partial charge < -0.3 is 20.4 Å². The van der Waals surface area contributed by atoms with Crippen LogP contribution in [0.5, 0.6) is 0 Å². The van der Waals surface area contributed by atoms with Crippen molar-refractivity contribution < 1.29 is 14.0 Å². The number of anilines is 1. The Kier molecular flexibility index (Phi) is 8.22. The SMILES string of the molecule is CC.Cc1c(CN(C)C(=O)CCc2cnc3c(c2)CCC(CN)C(=O)N3)oc2ccccc12. The smallest absolute Gasteiger partial charge is 0.229 e. The average molecular weight is 451 g/mol. The van der Waals surface area contributed by atoms with Crippen LogP contribution in [0.2, 0.25) is 0 Å². The first kappa shape index (κ1) is 24.5. The van der Waals surface area contributed by atoms with E-state index in [-0.39, 0.29) is 17.7 Å². The number of fused-ring (bicyclic) bond motifs is 2. The quantitative estimate of drug-likeness (QED) is 0.586. The van der Waals surface area contributed by atoms with Gasteiger partial charge in [-0.25, -0.2) is 4.98 Å². The topological polar surface area (TPSA) is 101 Å². The van der Waals surface area contributed by atoms with Crippen molar-refractivity contribution in [1.82, 2.24) is 9.88 Å². The Morgan fingerprint density at radius 3 is 2.79 bits per heavy atom. The van der Waals surface area contributed by atoms with Gasteiger partial charge in [-0.1, -0.05) is 38.1 Å². The molecule has 7 nitrogen and oxygen atoms in total. The number of carbonyl (C=O) groups is 2. The number of aromatic nitrogens is 1. The first-order chi connectivity index (χ1) is 16.0. The molecule has 1 aliphatic heterocycles. The average Bonchev–Trinajstić information content (AvgIpc) is 3.05. The second kappa shape index (κ2) is 11.1. The molecule has 0 spiro atoms. The van der Waals surface area contributed by atoms with E-state index < -0.39 is 0 Å². The Balaban J connectivity index is 0.00000149. The predicted molar refractivity (Wildman–Crippen MR) is 131 cm³/mol. The fourth-order valence-electron chi connectivity index (χ4n) is 4.03. The summed E-state index contributed by atoms with van der Waals surface area (Å²) in [4.78, 5) is 30.9. The third kappa shape index (κ3) is 5.60. The summed E-state index contributed by atoms with van der Waals surface area (Å²) in [5, 5.41) is 3.94. The van der Waals surface area contributed by atoms with Gasteiger partial charge in [-0.2, -0.15) is 0 Å². The van der Waals surface area contributed by atoms with Crippen LogP contribution in [0.15, 0.2) is 40.9 Å². The lowest BCUT2D eigenvalue weighted by atomic mass is 10.00. The van der Waals surface area contributed by atoms with Gasteiger partial charge in [0.25, 0.3) is 0 Å². The Bertz CT molecular complexity index is 1120. The number of furan rings is 1. The van der Waals surface area contributed by atoms with E-state index in [1.54, 1.807) is 18.1 Å². The van der Waals surface area contributed by atoms with Crippen molar-refractivity contribution in [2.24, 2.45) is 11.7 Å². The summed E-state index contributed by atoms with van der Waals surface area (Å²) in [6.07, 6.45) is 4.17. The Labute approximate surface area is 195 Å². The molecule has 0 fully saturated rings. The highest BCUT2D eigenvalue weighted by Crippen LogP contribution is 2.26. The van der Waals surface area contributed by atoms with E-state index in [9.17, 15) is 9.59 Å². The third-order valence-corrected chi connectivity index (χ3v) is 6.06. The third-order valence-electron chi connectivity index (χ3n) is 6.06. The highest BCUT2D eigenvalue weighted by Gasteiger charge is 2.23. The number of carbonyl (C=O) groups excluding carboxylic acids is 2. The zero-order valence-electron chi connectivity index (χ0n) is 20.0. The molecule has 3 aromatic rings.